The summed E-state index contributed by atoms with van der Waals surface area (Å²) in [6.45, 7) is 0. The first-order chi connectivity index (χ1) is 14.1. The first-order valence-corrected chi connectivity index (χ1v) is 9.84. The second kappa shape index (κ2) is 7.04. The molecule has 1 aliphatic rings. The summed E-state index contributed by atoms with van der Waals surface area (Å²) in [5.41, 5.74) is 3.41. The SMILES string of the molecule is O=C(O)C1CCC(Oc2nc3nc(-c4cnc5[nH]ccc5c4)c(Cl)cc3[nH]2)CC1. The fraction of sp³-hybridized carbons (Fsp3) is 0.300. The van der Waals surface area contributed by atoms with E-state index in [4.69, 9.17) is 21.4 Å². The zero-order valence-electron chi connectivity index (χ0n) is 15.4. The molecule has 148 valence electrons. The Morgan fingerprint density at radius 3 is 2.83 bits per heavy atom. The molecular formula is C20H18ClN5O3. The van der Waals surface area contributed by atoms with Crippen molar-refractivity contribution in [1.29, 1.82) is 0 Å². The number of pyridine rings is 2. The van der Waals surface area contributed by atoms with Gasteiger partial charge in [0.15, 0.2) is 5.65 Å². The van der Waals surface area contributed by atoms with Gasteiger partial charge in [-0.1, -0.05) is 11.6 Å². The molecule has 3 N–H and O–H groups in total. The minimum Gasteiger partial charge on any atom is -0.481 e. The maximum absolute atomic E-state index is 11.1. The van der Waals surface area contributed by atoms with Gasteiger partial charge < -0.3 is 19.8 Å². The van der Waals surface area contributed by atoms with E-state index < -0.39 is 5.97 Å². The molecule has 4 aromatic heterocycles. The normalized spacial score (nSPS) is 19.6. The Morgan fingerprint density at radius 1 is 1.21 bits per heavy atom. The highest BCUT2D eigenvalue weighted by Crippen LogP contribution is 2.32. The first kappa shape index (κ1) is 17.9. The molecule has 0 unspecified atom stereocenters. The van der Waals surface area contributed by atoms with Crippen LogP contribution in [0.15, 0.2) is 30.6 Å². The molecule has 1 saturated carbocycles. The van der Waals surface area contributed by atoms with Crippen molar-refractivity contribution in [3.63, 3.8) is 0 Å². The summed E-state index contributed by atoms with van der Waals surface area (Å²) >= 11 is 6.47. The van der Waals surface area contributed by atoms with Gasteiger partial charge >= 0.3 is 5.97 Å². The summed E-state index contributed by atoms with van der Waals surface area (Å²) < 4.78 is 5.94. The van der Waals surface area contributed by atoms with Crippen molar-refractivity contribution in [1.82, 2.24) is 24.9 Å². The van der Waals surface area contributed by atoms with Crippen LogP contribution in [-0.2, 0) is 4.79 Å². The van der Waals surface area contributed by atoms with E-state index >= 15 is 0 Å². The van der Waals surface area contributed by atoms with Crippen molar-refractivity contribution in [2.45, 2.75) is 31.8 Å². The molecule has 8 nitrogen and oxygen atoms in total. The zero-order chi connectivity index (χ0) is 20.0. The van der Waals surface area contributed by atoms with Crippen LogP contribution in [0.1, 0.15) is 25.7 Å². The molecule has 9 heteroatoms. The number of rotatable bonds is 4. The lowest BCUT2D eigenvalue weighted by Gasteiger charge is -2.25. The highest BCUT2D eigenvalue weighted by atomic mass is 35.5. The molecule has 0 amide bonds. The number of hydrogen-bond donors (Lipinski definition) is 3. The number of fused-ring (bicyclic) bond motifs is 2. The summed E-state index contributed by atoms with van der Waals surface area (Å²) in [7, 11) is 0. The van der Waals surface area contributed by atoms with Crippen LogP contribution < -0.4 is 4.74 Å². The van der Waals surface area contributed by atoms with Gasteiger partial charge in [0.2, 0.25) is 0 Å². The molecule has 0 saturated heterocycles. The highest BCUT2D eigenvalue weighted by molar-refractivity contribution is 6.33. The Morgan fingerprint density at radius 2 is 2.03 bits per heavy atom. The van der Waals surface area contributed by atoms with E-state index in [9.17, 15) is 4.79 Å². The number of halogens is 1. The number of imidazole rings is 1. The monoisotopic (exact) mass is 411 g/mol. The number of aliphatic carboxylic acids is 1. The summed E-state index contributed by atoms with van der Waals surface area (Å²) in [5, 5.41) is 10.6. The lowest BCUT2D eigenvalue weighted by molar-refractivity contribution is -0.143. The molecule has 4 heterocycles. The van der Waals surface area contributed by atoms with Gasteiger partial charge in [0, 0.05) is 23.3 Å². The largest absolute Gasteiger partial charge is 0.481 e. The number of carboxylic acids is 1. The van der Waals surface area contributed by atoms with Crippen molar-refractivity contribution in [2.24, 2.45) is 5.92 Å². The van der Waals surface area contributed by atoms with E-state index in [1.54, 1.807) is 12.3 Å². The number of aromatic amines is 2. The van der Waals surface area contributed by atoms with Crippen LogP contribution in [-0.4, -0.2) is 42.1 Å². The average molecular weight is 412 g/mol. The molecule has 0 bridgehead atoms. The third kappa shape index (κ3) is 3.40. The average Bonchev–Trinajstić information content (AvgIpc) is 3.33. The van der Waals surface area contributed by atoms with Gasteiger partial charge in [0.25, 0.3) is 6.01 Å². The van der Waals surface area contributed by atoms with E-state index in [2.05, 4.69) is 24.9 Å². The number of nitrogens with zero attached hydrogens (tertiary/aromatic N) is 3. The van der Waals surface area contributed by atoms with Crippen LogP contribution in [0.4, 0.5) is 0 Å². The van der Waals surface area contributed by atoms with E-state index in [1.807, 2.05) is 18.3 Å². The molecule has 4 aromatic rings. The van der Waals surface area contributed by atoms with Gasteiger partial charge in [-0.05, 0) is 43.9 Å². The maximum atomic E-state index is 11.1. The van der Waals surface area contributed by atoms with Gasteiger partial charge in [0.05, 0.1) is 22.2 Å². The van der Waals surface area contributed by atoms with E-state index in [1.165, 1.54) is 0 Å². The van der Waals surface area contributed by atoms with Crippen LogP contribution in [0.2, 0.25) is 5.02 Å². The van der Waals surface area contributed by atoms with E-state index in [-0.39, 0.29) is 12.0 Å². The number of aromatic nitrogens is 5. The molecule has 5 rings (SSSR count). The molecule has 0 radical (unpaired) electrons. The Balaban J connectivity index is 1.40. The fourth-order valence-corrected chi connectivity index (χ4v) is 4.07. The summed E-state index contributed by atoms with van der Waals surface area (Å²) in [4.78, 5) is 30.7. The van der Waals surface area contributed by atoms with Crippen molar-refractivity contribution in [3.05, 3.63) is 35.6 Å². The Hall–Kier alpha value is -3.13. The molecule has 0 aromatic carbocycles. The third-order valence-corrected chi connectivity index (χ3v) is 5.67. The number of carbonyl (C=O) groups is 1. The van der Waals surface area contributed by atoms with Crippen LogP contribution >= 0.6 is 11.6 Å². The minimum atomic E-state index is -0.731. The van der Waals surface area contributed by atoms with Crippen LogP contribution in [0.5, 0.6) is 6.01 Å². The molecule has 0 spiro atoms. The Labute approximate surface area is 170 Å². The molecular weight excluding hydrogens is 394 g/mol. The number of H-pyrrole nitrogens is 2. The van der Waals surface area contributed by atoms with Crippen LogP contribution in [0.25, 0.3) is 33.5 Å². The van der Waals surface area contributed by atoms with Crippen molar-refractivity contribution in [2.75, 3.05) is 0 Å². The lowest BCUT2D eigenvalue weighted by Crippen LogP contribution is -2.28. The second-order valence-electron chi connectivity index (χ2n) is 7.30. The third-order valence-electron chi connectivity index (χ3n) is 5.38. The maximum Gasteiger partial charge on any atom is 0.306 e. The zero-order valence-corrected chi connectivity index (χ0v) is 16.1. The molecule has 29 heavy (non-hydrogen) atoms. The van der Waals surface area contributed by atoms with Gasteiger partial charge in [-0.2, -0.15) is 4.98 Å². The first-order valence-electron chi connectivity index (χ1n) is 9.46. The smallest absolute Gasteiger partial charge is 0.306 e. The Kier molecular flexibility index (Phi) is 4.35. The summed E-state index contributed by atoms with van der Waals surface area (Å²) in [6.07, 6.45) is 6.11. The number of ether oxygens (including phenoxy) is 1. The van der Waals surface area contributed by atoms with Crippen molar-refractivity contribution >= 4 is 39.8 Å². The lowest BCUT2D eigenvalue weighted by atomic mass is 9.87. The van der Waals surface area contributed by atoms with Crippen molar-refractivity contribution < 1.29 is 14.6 Å². The topological polar surface area (TPSA) is 117 Å². The van der Waals surface area contributed by atoms with Crippen LogP contribution in [0, 0.1) is 5.92 Å². The quantitative estimate of drug-likeness (QED) is 0.463. The van der Waals surface area contributed by atoms with Gasteiger partial charge in [-0.3, -0.25) is 4.79 Å². The minimum absolute atomic E-state index is 0.0543. The number of hydrogen-bond acceptors (Lipinski definition) is 5. The van der Waals surface area contributed by atoms with Gasteiger partial charge in [-0.15, -0.1) is 0 Å². The van der Waals surface area contributed by atoms with Crippen molar-refractivity contribution in [3.8, 4) is 17.3 Å². The number of nitrogens with one attached hydrogen (secondary N) is 2. The van der Waals surface area contributed by atoms with Gasteiger partial charge in [0.1, 0.15) is 11.8 Å². The molecule has 1 fully saturated rings. The predicted octanol–water partition coefficient (Wildman–Crippen LogP) is 4.18. The Bertz CT molecular complexity index is 1210. The second-order valence-corrected chi connectivity index (χ2v) is 7.71. The number of carboxylic acid groups (broad SMARTS) is 1. The molecule has 0 aliphatic heterocycles. The molecule has 0 atom stereocenters. The van der Waals surface area contributed by atoms with Gasteiger partial charge in [-0.25, -0.2) is 9.97 Å². The van der Waals surface area contributed by atoms with E-state index in [0.717, 1.165) is 16.6 Å². The standard InChI is InChI=1S/C20H18ClN5O3/c21-14-8-15-18(25-16(14)12-7-11-5-6-22-17(11)23-9-12)26-20(24-15)29-13-3-1-10(2-4-13)19(27)28/h5-10,13H,1-4H2,(H,22,23)(H,27,28)(H,24,25,26). The van der Waals surface area contributed by atoms with Crippen LogP contribution in [0.3, 0.4) is 0 Å². The predicted molar refractivity (Wildman–Crippen MR) is 108 cm³/mol. The fourth-order valence-electron chi connectivity index (χ4n) is 3.81. The van der Waals surface area contributed by atoms with E-state index in [0.29, 0.717) is 53.6 Å². The summed E-state index contributed by atoms with van der Waals surface area (Å²) in [5.74, 6) is -1.01. The highest BCUT2D eigenvalue weighted by Gasteiger charge is 2.27. The summed E-state index contributed by atoms with van der Waals surface area (Å²) in [6, 6.07) is 6.07. The molecule has 1 aliphatic carbocycles.